The van der Waals surface area contributed by atoms with Crippen molar-refractivity contribution in [1.82, 2.24) is 0 Å². The van der Waals surface area contributed by atoms with E-state index in [0.717, 1.165) is 17.1 Å². The quantitative estimate of drug-likeness (QED) is 0.791. The summed E-state index contributed by atoms with van der Waals surface area (Å²) in [5, 5.41) is 0. The lowest BCUT2D eigenvalue weighted by Gasteiger charge is -1.99. The summed E-state index contributed by atoms with van der Waals surface area (Å²) < 4.78 is 12.4. The maximum absolute atomic E-state index is 12.4. The Balaban J connectivity index is 0.00000144. The first-order chi connectivity index (χ1) is 5.83. The molecule has 0 heterocycles. The third-order valence-corrected chi connectivity index (χ3v) is 2.51. The van der Waals surface area contributed by atoms with Gasteiger partial charge in [-0.2, -0.15) is 11.8 Å². The highest BCUT2D eigenvalue weighted by molar-refractivity contribution is 7.98. The van der Waals surface area contributed by atoms with Crippen LogP contribution in [0, 0.1) is 5.82 Å². The smallest absolute Gasteiger partial charge is 0.123 e. The molecule has 0 aromatic heterocycles. The highest BCUT2D eigenvalue weighted by Gasteiger charge is 1.93. The largest absolute Gasteiger partial charge is 0.330 e. The van der Waals surface area contributed by atoms with Gasteiger partial charge in [-0.3, -0.25) is 0 Å². The summed E-state index contributed by atoms with van der Waals surface area (Å²) in [5.74, 6) is 1.69. The zero-order valence-electron chi connectivity index (χ0n) is 7.20. The van der Waals surface area contributed by atoms with E-state index >= 15 is 0 Å². The van der Waals surface area contributed by atoms with Gasteiger partial charge in [-0.15, -0.1) is 12.4 Å². The highest BCUT2D eigenvalue weighted by Crippen LogP contribution is 2.11. The van der Waals surface area contributed by atoms with E-state index in [1.54, 1.807) is 23.9 Å². The molecule has 0 unspecified atom stereocenters. The SMILES string of the molecule is Cl.NCCSCc1ccc(F)cc1. The Labute approximate surface area is 88.3 Å². The predicted molar refractivity (Wildman–Crippen MR) is 58.9 cm³/mol. The molecule has 13 heavy (non-hydrogen) atoms. The van der Waals surface area contributed by atoms with Gasteiger partial charge in [0.25, 0.3) is 0 Å². The van der Waals surface area contributed by atoms with Gasteiger partial charge in [-0.25, -0.2) is 4.39 Å². The van der Waals surface area contributed by atoms with Crippen LogP contribution in [0.5, 0.6) is 0 Å². The van der Waals surface area contributed by atoms with Crippen molar-refractivity contribution >= 4 is 24.2 Å². The van der Waals surface area contributed by atoms with Gasteiger partial charge in [0.1, 0.15) is 5.82 Å². The van der Waals surface area contributed by atoms with Crippen molar-refractivity contribution < 1.29 is 4.39 Å². The van der Waals surface area contributed by atoms with E-state index in [4.69, 9.17) is 5.73 Å². The normalized spacial score (nSPS) is 9.38. The van der Waals surface area contributed by atoms with Crippen molar-refractivity contribution in [2.45, 2.75) is 5.75 Å². The molecular weight excluding hydrogens is 209 g/mol. The van der Waals surface area contributed by atoms with Crippen LogP contribution in [0.25, 0.3) is 0 Å². The number of rotatable bonds is 4. The minimum Gasteiger partial charge on any atom is -0.330 e. The van der Waals surface area contributed by atoms with E-state index in [9.17, 15) is 4.39 Å². The van der Waals surface area contributed by atoms with Crippen LogP contribution >= 0.6 is 24.2 Å². The van der Waals surface area contributed by atoms with E-state index in [1.807, 2.05) is 0 Å². The van der Waals surface area contributed by atoms with Crippen molar-refractivity contribution in [2.24, 2.45) is 5.73 Å². The van der Waals surface area contributed by atoms with Crippen molar-refractivity contribution in [1.29, 1.82) is 0 Å². The van der Waals surface area contributed by atoms with Crippen LogP contribution in [0.3, 0.4) is 0 Å². The van der Waals surface area contributed by atoms with Crippen molar-refractivity contribution in [3.8, 4) is 0 Å². The molecular formula is C9H13ClFNS. The number of hydrogen-bond acceptors (Lipinski definition) is 2. The minimum atomic E-state index is -0.178. The molecule has 0 aliphatic rings. The van der Waals surface area contributed by atoms with Crippen LogP contribution in [-0.2, 0) is 5.75 Å². The molecule has 1 rings (SSSR count). The molecule has 0 fully saturated rings. The van der Waals surface area contributed by atoms with Crippen LogP contribution in [0.2, 0.25) is 0 Å². The first-order valence-corrected chi connectivity index (χ1v) is 5.00. The second-order valence-electron chi connectivity index (χ2n) is 2.47. The number of hydrogen-bond donors (Lipinski definition) is 1. The summed E-state index contributed by atoms with van der Waals surface area (Å²) in [4.78, 5) is 0. The Morgan fingerprint density at radius 3 is 2.38 bits per heavy atom. The molecule has 1 aromatic rings. The average Bonchev–Trinajstić information content (AvgIpc) is 2.09. The molecule has 0 spiro atoms. The molecule has 0 aliphatic carbocycles. The Kier molecular flexibility index (Phi) is 7.04. The fraction of sp³-hybridized carbons (Fsp3) is 0.333. The van der Waals surface area contributed by atoms with Gasteiger partial charge in [0.15, 0.2) is 0 Å². The molecule has 2 N–H and O–H groups in total. The standard InChI is InChI=1S/C9H12FNS.ClH/c10-9-3-1-8(2-4-9)7-12-6-5-11;/h1-4H,5-7,11H2;1H. The predicted octanol–water partition coefficient (Wildman–Crippen LogP) is 2.44. The summed E-state index contributed by atoms with van der Waals surface area (Å²) in [6, 6.07) is 6.58. The summed E-state index contributed by atoms with van der Waals surface area (Å²) in [6.45, 7) is 0.700. The van der Waals surface area contributed by atoms with Crippen LogP contribution in [-0.4, -0.2) is 12.3 Å². The molecule has 74 valence electrons. The first-order valence-electron chi connectivity index (χ1n) is 3.85. The van der Waals surface area contributed by atoms with E-state index in [0.29, 0.717) is 6.54 Å². The average molecular weight is 222 g/mol. The fourth-order valence-electron chi connectivity index (χ4n) is 0.854. The van der Waals surface area contributed by atoms with Crippen molar-refractivity contribution in [3.05, 3.63) is 35.6 Å². The van der Waals surface area contributed by atoms with Crippen LogP contribution in [0.1, 0.15) is 5.56 Å². The Morgan fingerprint density at radius 1 is 1.23 bits per heavy atom. The third kappa shape index (κ3) is 5.13. The molecule has 0 bridgehead atoms. The van der Waals surface area contributed by atoms with Crippen LogP contribution in [0.15, 0.2) is 24.3 Å². The zero-order valence-corrected chi connectivity index (χ0v) is 8.84. The molecule has 0 saturated heterocycles. The molecule has 0 radical (unpaired) electrons. The summed E-state index contributed by atoms with van der Waals surface area (Å²) >= 11 is 1.76. The van der Waals surface area contributed by atoms with Crippen LogP contribution < -0.4 is 5.73 Å². The Morgan fingerprint density at radius 2 is 1.85 bits per heavy atom. The molecule has 1 aromatic carbocycles. The molecule has 0 atom stereocenters. The van der Waals surface area contributed by atoms with Crippen molar-refractivity contribution in [3.63, 3.8) is 0 Å². The van der Waals surface area contributed by atoms with Gasteiger partial charge >= 0.3 is 0 Å². The molecule has 0 saturated carbocycles. The topological polar surface area (TPSA) is 26.0 Å². The lowest BCUT2D eigenvalue weighted by Crippen LogP contribution is -2.01. The van der Waals surface area contributed by atoms with Crippen LogP contribution in [0.4, 0.5) is 4.39 Å². The number of benzene rings is 1. The van der Waals surface area contributed by atoms with E-state index in [1.165, 1.54) is 12.1 Å². The van der Waals surface area contributed by atoms with Gasteiger partial charge in [0, 0.05) is 18.1 Å². The summed E-state index contributed by atoms with van der Waals surface area (Å²) in [7, 11) is 0. The molecule has 4 heteroatoms. The zero-order chi connectivity index (χ0) is 8.81. The second kappa shape index (κ2) is 7.18. The lowest BCUT2D eigenvalue weighted by molar-refractivity contribution is 0.627. The maximum atomic E-state index is 12.4. The molecule has 1 nitrogen and oxygen atoms in total. The minimum absolute atomic E-state index is 0. The van der Waals surface area contributed by atoms with Gasteiger partial charge in [0.05, 0.1) is 0 Å². The number of nitrogens with two attached hydrogens (primary N) is 1. The van der Waals surface area contributed by atoms with E-state index in [2.05, 4.69) is 0 Å². The fourth-order valence-corrected chi connectivity index (χ4v) is 1.59. The molecule has 0 amide bonds. The third-order valence-electron chi connectivity index (χ3n) is 1.44. The van der Waals surface area contributed by atoms with Gasteiger partial charge in [-0.05, 0) is 17.7 Å². The van der Waals surface area contributed by atoms with Gasteiger partial charge in [-0.1, -0.05) is 12.1 Å². The molecule has 0 aliphatic heterocycles. The summed E-state index contributed by atoms with van der Waals surface area (Å²) in [5.41, 5.74) is 6.48. The highest BCUT2D eigenvalue weighted by atomic mass is 35.5. The lowest BCUT2D eigenvalue weighted by atomic mass is 10.2. The first kappa shape index (κ1) is 12.8. The van der Waals surface area contributed by atoms with E-state index in [-0.39, 0.29) is 18.2 Å². The number of thioether (sulfide) groups is 1. The maximum Gasteiger partial charge on any atom is 0.123 e. The summed E-state index contributed by atoms with van der Waals surface area (Å²) in [6.07, 6.45) is 0. The number of halogens is 2. The monoisotopic (exact) mass is 221 g/mol. The van der Waals surface area contributed by atoms with Crippen molar-refractivity contribution in [2.75, 3.05) is 12.3 Å². The second-order valence-corrected chi connectivity index (χ2v) is 3.57. The Hall–Kier alpha value is -0.250. The Bertz CT molecular complexity index is 228. The van der Waals surface area contributed by atoms with E-state index < -0.39 is 0 Å². The van der Waals surface area contributed by atoms with Gasteiger partial charge in [0.2, 0.25) is 0 Å². The van der Waals surface area contributed by atoms with Gasteiger partial charge < -0.3 is 5.73 Å².